The number of nitrogens with one attached hydrogen (secondary N) is 1. The van der Waals surface area contributed by atoms with Crippen molar-refractivity contribution in [2.75, 3.05) is 24.5 Å². The number of sulfonamides is 1. The Morgan fingerprint density at radius 2 is 1.61 bits per heavy atom. The lowest BCUT2D eigenvalue weighted by atomic mass is 9.95. The molecule has 170 valence electrons. The number of aryl methyl sites for hydroxylation is 1. The molecule has 33 heavy (non-hydrogen) atoms. The maximum absolute atomic E-state index is 13.4. The van der Waals surface area contributed by atoms with E-state index in [-0.39, 0.29) is 18.1 Å². The van der Waals surface area contributed by atoms with Gasteiger partial charge in [0.15, 0.2) is 4.91 Å². The van der Waals surface area contributed by atoms with E-state index >= 15 is 0 Å². The summed E-state index contributed by atoms with van der Waals surface area (Å²) in [6, 6.07) is 24.1. The van der Waals surface area contributed by atoms with Gasteiger partial charge in [0.25, 0.3) is 15.9 Å². The molecule has 7 heteroatoms. The molecule has 0 saturated carbocycles. The summed E-state index contributed by atoms with van der Waals surface area (Å²) in [5.41, 5.74) is 3.50. The lowest BCUT2D eigenvalue weighted by Crippen LogP contribution is -2.40. The molecular formula is C26H26N2O4S. The van der Waals surface area contributed by atoms with Crippen molar-refractivity contribution in [2.24, 2.45) is 0 Å². The molecule has 0 saturated heterocycles. The van der Waals surface area contributed by atoms with E-state index in [2.05, 4.69) is 12.2 Å². The number of carbonyl (C=O) groups excluding carboxylic acids is 1. The van der Waals surface area contributed by atoms with Gasteiger partial charge in [-0.2, -0.15) is 0 Å². The van der Waals surface area contributed by atoms with E-state index in [1.165, 1.54) is 12.6 Å². The molecule has 3 aromatic rings. The highest BCUT2D eigenvalue weighted by Gasteiger charge is 2.39. The molecule has 4 rings (SSSR count). The Labute approximate surface area is 194 Å². The van der Waals surface area contributed by atoms with Crippen LogP contribution in [0.3, 0.4) is 0 Å². The van der Waals surface area contributed by atoms with Crippen molar-refractivity contribution in [3.8, 4) is 5.75 Å². The number of nitrogens with zero attached hydrogens (tertiary/aromatic N) is 1. The van der Waals surface area contributed by atoms with Crippen molar-refractivity contribution in [1.82, 2.24) is 5.32 Å². The van der Waals surface area contributed by atoms with Gasteiger partial charge in [0.1, 0.15) is 12.4 Å². The SMILES string of the molecule is CCc1ccc(OCCNC(=O)C2=C(c3ccccc3)c3ccccc3N(C)S2(=O)=O)cc1. The van der Waals surface area contributed by atoms with Crippen molar-refractivity contribution < 1.29 is 17.9 Å². The number of ether oxygens (including phenoxy) is 1. The van der Waals surface area contributed by atoms with Crippen molar-refractivity contribution in [1.29, 1.82) is 0 Å². The minimum absolute atomic E-state index is 0.167. The van der Waals surface area contributed by atoms with Crippen molar-refractivity contribution in [3.05, 3.63) is 100 Å². The molecule has 1 amide bonds. The highest BCUT2D eigenvalue weighted by molar-refractivity contribution is 7.97. The minimum atomic E-state index is -4.05. The average molecular weight is 463 g/mol. The number of amides is 1. The monoisotopic (exact) mass is 462 g/mol. The van der Waals surface area contributed by atoms with Gasteiger partial charge in [-0.05, 0) is 35.7 Å². The first-order chi connectivity index (χ1) is 15.9. The van der Waals surface area contributed by atoms with Crippen LogP contribution in [0.4, 0.5) is 5.69 Å². The van der Waals surface area contributed by atoms with Gasteiger partial charge in [0, 0.05) is 18.2 Å². The third-order valence-corrected chi connectivity index (χ3v) is 7.44. The predicted octanol–water partition coefficient (Wildman–Crippen LogP) is 3.98. The lowest BCUT2D eigenvalue weighted by molar-refractivity contribution is -0.116. The van der Waals surface area contributed by atoms with Crippen LogP contribution in [-0.2, 0) is 21.2 Å². The highest BCUT2D eigenvalue weighted by Crippen LogP contribution is 2.41. The standard InChI is InChI=1S/C26H26N2O4S/c1-3-19-13-15-21(16-14-19)32-18-17-27-26(29)25-24(20-9-5-4-6-10-20)22-11-7-8-12-23(22)28(2)33(25,30)31/h4-16H,3,17-18H2,1-2H3,(H,27,29). The Balaban J connectivity index is 1.62. The first-order valence-corrected chi connectivity index (χ1v) is 12.3. The highest BCUT2D eigenvalue weighted by atomic mass is 32.2. The van der Waals surface area contributed by atoms with Crippen LogP contribution in [0.25, 0.3) is 5.57 Å². The van der Waals surface area contributed by atoms with E-state index in [1.54, 1.807) is 12.1 Å². The van der Waals surface area contributed by atoms with Gasteiger partial charge in [-0.25, -0.2) is 8.42 Å². The number of carbonyl (C=O) groups is 1. The molecule has 0 aromatic heterocycles. The number of rotatable bonds is 7. The average Bonchev–Trinajstić information content (AvgIpc) is 2.84. The van der Waals surface area contributed by atoms with E-state index in [9.17, 15) is 13.2 Å². The zero-order valence-electron chi connectivity index (χ0n) is 18.6. The number of anilines is 1. The second kappa shape index (κ2) is 9.50. The Hall–Kier alpha value is -3.58. The number of hydrogen-bond donors (Lipinski definition) is 1. The largest absolute Gasteiger partial charge is 0.492 e. The first-order valence-electron chi connectivity index (χ1n) is 10.8. The molecule has 0 unspecified atom stereocenters. The number of benzene rings is 3. The van der Waals surface area contributed by atoms with Crippen molar-refractivity contribution in [3.63, 3.8) is 0 Å². The number of para-hydroxylation sites is 1. The predicted molar refractivity (Wildman–Crippen MR) is 131 cm³/mol. The van der Waals surface area contributed by atoms with Crippen LogP contribution in [0.2, 0.25) is 0 Å². The topological polar surface area (TPSA) is 75.7 Å². The molecule has 0 atom stereocenters. The van der Waals surface area contributed by atoms with E-state index in [0.29, 0.717) is 28.1 Å². The van der Waals surface area contributed by atoms with E-state index in [1.807, 2.05) is 66.7 Å². The smallest absolute Gasteiger partial charge is 0.270 e. The molecule has 0 aliphatic carbocycles. The maximum atomic E-state index is 13.4. The molecule has 6 nitrogen and oxygen atoms in total. The zero-order chi connectivity index (χ0) is 23.4. The van der Waals surface area contributed by atoms with Gasteiger partial charge in [0.2, 0.25) is 0 Å². The summed E-state index contributed by atoms with van der Waals surface area (Å²) < 4.78 is 33.6. The number of fused-ring (bicyclic) bond motifs is 1. The van der Waals surface area contributed by atoms with Gasteiger partial charge in [-0.15, -0.1) is 0 Å². The Morgan fingerprint density at radius 3 is 2.30 bits per heavy atom. The summed E-state index contributed by atoms with van der Waals surface area (Å²) in [5.74, 6) is 0.0460. The van der Waals surface area contributed by atoms with Crippen molar-refractivity contribution >= 4 is 27.2 Å². The van der Waals surface area contributed by atoms with Crippen LogP contribution in [0.1, 0.15) is 23.6 Å². The summed E-state index contributed by atoms with van der Waals surface area (Å²) in [4.78, 5) is 13.0. The molecule has 1 N–H and O–H groups in total. The molecule has 3 aromatic carbocycles. The van der Waals surface area contributed by atoms with Gasteiger partial charge < -0.3 is 10.1 Å². The summed E-state index contributed by atoms with van der Waals surface area (Å²) in [6.07, 6.45) is 0.946. The molecule has 1 aliphatic rings. The zero-order valence-corrected chi connectivity index (χ0v) is 19.4. The summed E-state index contributed by atoms with van der Waals surface area (Å²) >= 11 is 0. The van der Waals surface area contributed by atoms with Gasteiger partial charge in [-0.1, -0.05) is 67.6 Å². The Kier molecular flexibility index (Phi) is 6.51. The Morgan fingerprint density at radius 1 is 0.939 bits per heavy atom. The normalized spacial score (nSPS) is 14.5. The second-order valence-corrected chi connectivity index (χ2v) is 9.57. The third kappa shape index (κ3) is 4.50. The third-order valence-electron chi connectivity index (χ3n) is 5.61. The first kappa shape index (κ1) is 22.6. The van der Waals surface area contributed by atoms with Crippen LogP contribution < -0.4 is 14.4 Å². The summed E-state index contributed by atoms with van der Waals surface area (Å²) in [5, 5.41) is 2.72. The molecular weight excluding hydrogens is 436 g/mol. The van der Waals surface area contributed by atoms with Gasteiger partial charge >= 0.3 is 0 Å². The fourth-order valence-electron chi connectivity index (χ4n) is 3.83. The van der Waals surface area contributed by atoms with E-state index in [4.69, 9.17) is 4.74 Å². The maximum Gasteiger partial charge on any atom is 0.270 e. The van der Waals surface area contributed by atoms with Crippen LogP contribution in [-0.4, -0.2) is 34.5 Å². The molecule has 0 radical (unpaired) electrons. The summed E-state index contributed by atoms with van der Waals surface area (Å²) in [6.45, 7) is 2.47. The fourth-order valence-corrected chi connectivity index (χ4v) is 5.32. The van der Waals surface area contributed by atoms with E-state index in [0.717, 1.165) is 10.7 Å². The minimum Gasteiger partial charge on any atom is -0.492 e. The van der Waals surface area contributed by atoms with Crippen molar-refractivity contribution in [2.45, 2.75) is 13.3 Å². The molecule has 0 bridgehead atoms. The second-order valence-electron chi connectivity index (χ2n) is 7.66. The van der Waals surface area contributed by atoms with Crippen LogP contribution >= 0.6 is 0 Å². The Bertz CT molecular complexity index is 1280. The van der Waals surface area contributed by atoms with Gasteiger partial charge in [-0.3, -0.25) is 9.10 Å². The van der Waals surface area contributed by atoms with Gasteiger partial charge in [0.05, 0.1) is 12.2 Å². The number of hydrogen-bond acceptors (Lipinski definition) is 4. The molecule has 1 aliphatic heterocycles. The van der Waals surface area contributed by atoms with E-state index < -0.39 is 15.9 Å². The molecule has 1 heterocycles. The molecule has 0 fully saturated rings. The molecule has 0 spiro atoms. The summed E-state index contributed by atoms with van der Waals surface area (Å²) in [7, 11) is -2.58. The van der Waals surface area contributed by atoms with Crippen LogP contribution in [0, 0.1) is 0 Å². The quantitative estimate of drug-likeness (QED) is 0.539. The van der Waals surface area contributed by atoms with Crippen LogP contribution in [0.5, 0.6) is 5.75 Å². The fraction of sp³-hybridized carbons (Fsp3) is 0.192. The lowest BCUT2D eigenvalue weighted by Gasteiger charge is -2.30. The van der Waals surface area contributed by atoms with Crippen LogP contribution in [0.15, 0.2) is 83.8 Å².